The van der Waals surface area contributed by atoms with E-state index in [-0.39, 0.29) is 22.2 Å². The second-order valence-electron chi connectivity index (χ2n) is 5.26. The summed E-state index contributed by atoms with van der Waals surface area (Å²) in [6.07, 6.45) is 0. The molecule has 0 bridgehead atoms. The normalized spacial score (nSPS) is 10.4. The molecule has 0 fully saturated rings. The van der Waals surface area contributed by atoms with Crippen molar-refractivity contribution in [3.63, 3.8) is 0 Å². The van der Waals surface area contributed by atoms with Crippen LogP contribution >= 0.6 is 11.6 Å². The zero-order chi connectivity index (χ0) is 17.1. The summed E-state index contributed by atoms with van der Waals surface area (Å²) in [5.74, 6) is -0.352. The molecule has 2 aromatic carbocycles. The molecule has 0 spiro atoms. The SMILES string of the molecule is CCN(C(=O)c1cc([N+](=O)[O-])ccc1Cl)c1cc(C)ccc1C. The van der Waals surface area contributed by atoms with E-state index in [9.17, 15) is 14.9 Å². The van der Waals surface area contributed by atoms with Gasteiger partial charge in [-0.25, -0.2) is 0 Å². The Balaban J connectivity index is 2.50. The van der Waals surface area contributed by atoms with Crippen molar-refractivity contribution < 1.29 is 9.72 Å². The van der Waals surface area contributed by atoms with E-state index in [1.54, 1.807) is 4.90 Å². The second kappa shape index (κ2) is 6.79. The fourth-order valence-electron chi connectivity index (χ4n) is 2.37. The molecule has 1 amide bonds. The van der Waals surface area contributed by atoms with Crippen LogP contribution in [0.3, 0.4) is 0 Å². The highest BCUT2D eigenvalue weighted by molar-refractivity contribution is 6.34. The first-order valence-electron chi connectivity index (χ1n) is 7.18. The molecule has 0 aromatic heterocycles. The topological polar surface area (TPSA) is 63.5 Å². The molecule has 23 heavy (non-hydrogen) atoms. The van der Waals surface area contributed by atoms with Gasteiger partial charge in [0.15, 0.2) is 0 Å². The number of carbonyl (C=O) groups is 1. The van der Waals surface area contributed by atoms with Crippen LogP contribution in [0.25, 0.3) is 0 Å². The van der Waals surface area contributed by atoms with E-state index in [1.165, 1.54) is 18.2 Å². The lowest BCUT2D eigenvalue weighted by atomic mass is 10.1. The van der Waals surface area contributed by atoms with Crippen LogP contribution in [0.4, 0.5) is 11.4 Å². The van der Waals surface area contributed by atoms with Crippen LogP contribution in [0.15, 0.2) is 36.4 Å². The van der Waals surface area contributed by atoms with Crippen molar-refractivity contribution in [2.75, 3.05) is 11.4 Å². The number of carbonyl (C=O) groups excluding carboxylic acids is 1. The number of nitro groups is 1. The first kappa shape index (κ1) is 17.0. The minimum atomic E-state index is -0.540. The fourth-order valence-corrected chi connectivity index (χ4v) is 2.57. The third-order valence-electron chi connectivity index (χ3n) is 3.61. The summed E-state index contributed by atoms with van der Waals surface area (Å²) in [6, 6.07) is 9.71. The Morgan fingerprint density at radius 3 is 2.52 bits per heavy atom. The predicted octanol–water partition coefficient (Wildman–Crippen LogP) is 4.53. The van der Waals surface area contributed by atoms with E-state index in [0.717, 1.165) is 16.8 Å². The van der Waals surface area contributed by atoms with Gasteiger partial charge in [0.25, 0.3) is 11.6 Å². The van der Waals surface area contributed by atoms with Gasteiger partial charge in [0.1, 0.15) is 0 Å². The molecule has 0 aliphatic heterocycles. The average molecular weight is 333 g/mol. The molecule has 0 aliphatic rings. The summed E-state index contributed by atoms with van der Waals surface area (Å²) in [4.78, 5) is 24.8. The zero-order valence-electron chi connectivity index (χ0n) is 13.2. The summed E-state index contributed by atoms with van der Waals surface area (Å²) >= 11 is 6.09. The number of aryl methyl sites for hydroxylation is 2. The van der Waals surface area contributed by atoms with Crippen LogP contribution in [0.5, 0.6) is 0 Å². The van der Waals surface area contributed by atoms with E-state index in [2.05, 4.69) is 0 Å². The molecule has 0 unspecified atom stereocenters. The maximum atomic E-state index is 12.9. The minimum absolute atomic E-state index is 0.128. The lowest BCUT2D eigenvalue weighted by Gasteiger charge is -2.24. The average Bonchev–Trinajstić information content (AvgIpc) is 2.51. The Hall–Kier alpha value is -2.40. The first-order chi connectivity index (χ1) is 10.8. The van der Waals surface area contributed by atoms with Gasteiger partial charge in [-0.15, -0.1) is 0 Å². The molecule has 6 heteroatoms. The summed E-state index contributed by atoms with van der Waals surface area (Å²) in [5, 5.41) is 11.1. The van der Waals surface area contributed by atoms with Gasteiger partial charge in [0.05, 0.1) is 15.5 Å². The van der Waals surface area contributed by atoms with Crippen LogP contribution in [0, 0.1) is 24.0 Å². The number of rotatable bonds is 4. The van der Waals surface area contributed by atoms with E-state index in [1.807, 2.05) is 39.0 Å². The highest BCUT2D eigenvalue weighted by atomic mass is 35.5. The van der Waals surface area contributed by atoms with Gasteiger partial charge in [-0.3, -0.25) is 14.9 Å². The molecule has 5 nitrogen and oxygen atoms in total. The smallest absolute Gasteiger partial charge is 0.270 e. The summed E-state index contributed by atoms with van der Waals surface area (Å²) in [6.45, 7) is 6.15. The van der Waals surface area contributed by atoms with Crippen LogP contribution < -0.4 is 4.90 Å². The van der Waals surface area contributed by atoms with Crippen molar-refractivity contribution in [1.82, 2.24) is 0 Å². The zero-order valence-corrected chi connectivity index (χ0v) is 13.9. The molecule has 0 saturated carbocycles. The molecule has 0 heterocycles. The van der Waals surface area contributed by atoms with E-state index in [0.29, 0.717) is 6.54 Å². The highest BCUT2D eigenvalue weighted by Gasteiger charge is 2.22. The monoisotopic (exact) mass is 332 g/mol. The van der Waals surface area contributed by atoms with Crippen LogP contribution in [0.2, 0.25) is 5.02 Å². The van der Waals surface area contributed by atoms with Crippen molar-refractivity contribution in [3.05, 3.63) is 68.2 Å². The Morgan fingerprint density at radius 1 is 1.22 bits per heavy atom. The van der Waals surface area contributed by atoms with Gasteiger partial charge in [0.2, 0.25) is 0 Å². The van der Waals surface area contributed by atoms with Crippen LogP contribution in [0.1, 0.15) is 28.4 Å². The van der Waals surface area contributed by atoms with Gasteiger partial charge in [-0.1, -0.05) is 23.7 Å². The Labute approximate surface area is 139 Å². The molecule has 2 rings (SSSR count). The molecular weight excluding hydrogens is 316 g/mol. The number of halogens is 1. The Kier molecular flexibility index (Phi) is 5.01. The van der Waals surface area contributed by atoms with Gasteiger partial charge in [-0.2, -0.15) is 0 Å². The van der Waals surface area contributed by atoms with Crippen molar-refractivity contribution in [3.8, 4) is 0 Å². The molecule has 2 aromatic rings. The first-order valence-corrected chi connectivity index (χ1v) is 7.56. The lowest BCUT2D eigenvalue weighted by Crippen LogP contribution is -2.31. The second-order valence-corrected chi connectivity index (χ2v) is 5.67. The molecule has 0 atom stereocenters. The highest BCUT2D eigenvalue weighted by Crippen LogP contribution is 2.27. The summed E-state index contributed by atoms with van der Waals surface area (Å²) in [7, 11) is 0. The fraction of sp³-hybridized carbons (Fsp3) is 0.235. The Bertz CT molecular complexity index is 774. The van der Waals surface area contributed by atoms with Crippen molar-refractivity contribution >= 4 is 28.9 Å². The minimum Gasteiger partial charge on any atom is -0.308 e. The number of benzene rings is 2. The number of amides is 1. The molecule has 0 saturated heterocycles. The van der Waals surface area contributed by atoms with E-state index in [4.69, 9.17) is 11.6 Å². The predicted molar refractivity (Wildman–Crippen MR) is 91.4 cm³/mol. The Morgan fingerprint density at radius 2 is 1.91 bits per heavy atom. The third kappa shape index (κ3) is 3.51. The molecule has 0 aliphatic carbocycles. The van der Waals surface area contributed by atoms with Crippen LogP contribution in [-0.2, 0) is 0 Å². The van der Waals surface area contributed by atoms with Crippen LogP contribution in [-0.4, -0.2) is 17.4 Å². The lowest BCUT2D eigenvalue weighted by molar-refractivity contribution is -0.384. The summed E-state index contributed by atoms with van der Waals surface area (Å²) < 4.78 is 0. The quantitative estimate of drug-likeness (QED) is 0.610. The van der Waals surface area contributed by atoms with Gasteiger partial charge >= 0.3 is 0 Å². The van der Waals surface area contributed by atoms with Crippen molar-refractivity contribution in [2.45, 2.75) is 20.8 Å². The summed E-state index contributed by atoms with van der Waals surface area (Å²) in [5.41, 5.74) is 2.73. The van der Waals surface area contributed by atoms with Gasteiger partial charge in [0, 0.05) is 24.4 Å². The third-order valence-corrected chi connectivity index (χ3v) is 3.94. The molecule has 0 radical (unpaired) electrons. The van der Waals surface area contributed by atoms with E-state index >= 15 is 0 Å². The molecule has 120 valence electrons. The van der Waals surface area contributed by atoms with Gasteiger partial charge < -0.3 is 4.90 Å². The molecule has 0 N–H and O–H groups in total. The standard InChI is InChI=1S/C17H17ClN2O3/c1-4-19(16-9-11(2)5-6-12(16)3)17(21)14-10-13(20(22)23)7-8-15(14)18/h5-10H,4H2,1-3H3. The van der Waals surface area contributed by atoms with E-state index < -0.39 is 4.92 Å². The number of nitrogens with zero attached hydrogens (tertiary/aromatic N) is 2. The van der Waals surface area contributed by atoms with Crippen molar-refractivity contribution in [1.29, 1.82) is 0 Å². The number of non-ortho nitro benzene ring substituents is 1. The number of hydrogen-bond donors (Lipinski definition) is 0. The number of nitro benzene ring substituents is 1. The number of anilines is 1. The van der Waals surface area contributed by atoms with Gasteiger partial charge in [-0.05, 0) is 44.0 Å². The number of hydrogen-bond acceptors (Lipinski definition) is 3. The maximum Gasteiger partial charge on any atom is 0.270 e. The largest absolute Gasteiger partial charge is 0.308 e. The van der Waals surface area contributed by atoms with Crippen molar-refractivity contribution in [2.24, 2.45) is 0 Å². The molecular formula is C17H17ClN2O3. The maximum absolute atomic E-state index is 12.9.